The topological polar surface area (TPSA) is 105 Å². The molecule has 1 aromatic heterocycles. The minimum absolute atomic E-state index is 0.0248. The Balaban J connectivity index is 1.20. The Morgan fingerprint density at radius 3 is 2.66 bits per heavy atom. The molecular weight excluding hydrogens is 448 g/mol. The van der Waals surface area contributed by atoms with Crippen molar-refractivity contribution in [1.29, 1.82) is 0 Å². The van der Waals surface area contributed by atoms with Crippen LogP contribution in [0.3, 0.4) is 0 Å². The fourth-order valence-electron chi connectivity index (χ4n) is 5.43. The maximum absolute atomic E-state index is 13.4. The molecule has 1 aromatic carbocycles. The first kappa shape index (κ1) is 23.7. The second kappa shape index (κ2) is 10.3. The van der Waals surface area contributed by atoms with E-state index in [9.17, 15) is 14.4 Å². The highest BCUT2D eigenvalue weighted by atomic mass is 16.5. The molecule has 9 heteroatoms. The third kappa shape index (κ3) is 5.01. The predicted molar refractivity (Wildman–Crippen MR) is 128 cm³/mol. The molecule has 186 valence electrons. The number of aromatic nitrogens is 2. The van der Waals surface area contributed by atoms with Gasteiger partial charge >= 0.3 is 0 Å². The van der Waals surface area contributed by atoms with Gasteiger partial charge in [-0.1, -0.05) is 0 Å². The lowest BCUT2D eigenvalue weighted by atomic mass is 9.87. The smallest absolute Gasteiger partial charge is 0.256 e. The summed E-state index contributed by atoms with van der Waals surface area (Å²) in [6.07, 6.45) is 3.84. The SMILES string of the molecule is COc1ccc(C(=O)C2CCN([C@@H]3CCCN(Cc4nc5c(c(=O)[nH]4)COCC5)C3=O)CC2)cc1. The molecule has 9 nitrogen and oxygen atoms in total. The molecular formula is C26H32N4O5. The molecule has 1 amide bonds. The van der Waals surface area contributed by atoms with E-state index in [4.69, 9.17) is 9.47 Å². The molecule has 5 rings (SSSR count). The number of piperidine rings is 2. The Kier molecular flexibility index (Phi) is 6.97. The fourth-order valence-corrected chi connectivity index (χ4v) is 5.43. The molecule has 3 aliphatic rings. The van der Waals surface area contributed by atoms with Crippen LogP contribution in [-0.4, -0.2) is 70.9 Å². The number of carbonyl (C=O) groups excluding carboxylic acids is 2. The van der Waals surface area contributed by atoms with Crippen molar-refractivity contribution in [1.82, 2.24) is 19.8 Å². The van der Waals surface area contributed by atoms with Crippen molar-refractivity contribution in [3.8, 4) is 5.75 Å². The minimum atomic E-state index is -0.182. The Hall–Kier alpha value is -3.04. The van der Waals surface area contributed by atoms with Crippen LogP contribution in [0.1, 0.15) is 53.1 Å². The van der Waals surface area contributed by atoms with Crippen molar-refractivity contribution >= 4 is 11.7 Å². The number of benzene rings is 1. The van der Waals surface area contributed by atoms with Gasteiger partial charge in [-0.2, -0.15) is 0 Å². The third-order valence-corrected chi connectivity index (χ3v) is 7.44. The van der Waals surface area contributed by atoms with Gasteiger partial charge in [0, 0.05) is 24.4 Å². The molecule has 35 heavy (non-hydrogen) atoms. The van der Waals surface area contributed by atoms with Gasteiger partial charge in [-0.3, -0.25) is 19.3 Å². The summed E-state index contributed by atoms with van der Waals surface area (Å²) in [6.45, 7) is 3.27. The quantitative estimate of drug-likeness (QED) is 0.630. The standard InChI is InChI=1S/C26H32N4O5/c1-34-19-6-4-17(5-7-19)24(31)18-8-12-29(13-9-18)22-3-2-11-30(26(22)33)15-23-27-21-10-14-35-16-20(21)25(32)28-23/h4-7,18,22H,2-3,8-16H2,1H3,(H,27,28,32)/t22-/m1/s1. The average Bonchev–Trinajstić information content (AvgIpc) is 2.90. The molecule has 2 saturated heterocycles. The number of nitrogens with zero attached hydrogens (tertiary/aromatic N) is 3. The van der Waals surface area contributed by atoms with Gasteiger partial charge in [-0.25, -0.2) is 4.98 Å². The van der Waals surface area contributed by atoms with Crippen LogP contribution in [0.25, 0.3) is 0 Å². The fraction of sp³-hybridized carbons (Fsp3) is 0.538. The molecule has 0 radical (unpaired) electrons. The van der Waals surface area contributed by atoms with Crippen LogP contribution in [0, 0.1) is 5.92 Å². The van der Waals surface area contributed by atoms with E-state index in [1.807, 2.05) is 29.2 Å². The molecule has 2 aromatic rings. The first-order chi connectivity index (χ1) is 17.0. The Morgan fingerprint density at radius 1 is 1.14 bits per heavy atom. The number of methoxy groups -OCH3 is 1. The zero-order valence-electron chi connectivity index (χ0n) is 20.1. The maximum atomic E-state index is 13.4. The number of aromatic amines is 1. The normalized spacial score (nSPS) is 21.6. The summed E-state index contributed by atoms with van der Waals surface area (Å²) in [5.74, 6) is 1.49. The molecule has 0 aliphatic carbocycles. The first-order valence-corrected chi connectivity index (χ1v) is 12.4. The van der Waals surface area contributed by atoms with Gasteiger partial charge in [0.2, 0.25) is 5.91 Å². The van der Waals surface area contributed by atoms with Crippen LogP contribution in [0.5, 0.6) is 5.75 Å². The van der Waals surface area contributed by atoms with Crippen molar-refractivity contribution in [3.05, 3.63) is 57.3 Å². The summed E-state index contributed by atoms with van der Waals surface area (Å²) in [5.41, 5.74) is 1.91. The van der Waals surface area contributed by atoms with Crippen LogP contribution in [0.15, 0.2) is 29.1 Å². The monoisotopic (exact) mass is 480 g/mol. The van der Waals surface area contributed by atoms with Crippen molar-refractivity contribution < 1.29 is 19.1 Å². The van der Waals surface area contributed by atoms with Gasteiger partial charge in [0.05, 0.1) is 44.2 Å². The largest absolute Gasteiger partial charge is 0.497 e. The molecule has 0 unspecified atom stereocenters. The van der Waals surface area contributed by atoms with E-state index in [1.54, 1.807) is 7.11 Å². The summed E-state index contributed by atoms with van der Waals surface area (Å²) in [5, 5.41) is 0. The second-order valence-electron chi connectivity index (χ2n) is 9.56. The van der Waals surface area contributed by atoms with E-state index in [1.165, 1.54) is 0 Å². The molecule has 4 heterocycles. The molecule has 1 atom stereocenters. The molecule has 3 aliphatic heterocycles. The van der Waals surface area contributed by atoms with Crippen LogP contribution in [0.4, 0.5) is 0 Å². The van der Waals surface area contributed by atoms with E-state index in [0.29, 0.717) is 49.7 Å². The number of hydrogen-bond acceptors (Lipinski definition) is 7. The number of rotatable bonds is 6. The summed E-state index contributed by atoms with van der Waals surface area (Å²) >= 11 is 0. The lowest BCUT2D eigenvalue weighted by Gasteiger charge is -2.41. The molecule has 0 saturated carbocycles. The van der Waals surface area contributed by atoms with Gasteiger partial charge in [-0.15, -0.1) is 0 Å². The number of likely N-dealkylation sites (tertiary alicyclic amines) is 2. The van der Waals surface area contributed by atoms with E-state index < -0.39 is 0 Å². The van der Waals surface area contributed by atoms with Crippen LogP contribution >= 0.6 is 0 Å². The molecule has 1 N–H and O–H groups in total. The van der Waals surface area contributed by atoms with E-state index in [0.717, 1.165) is 50.2 Å². The van der Waals surface area contributed by atoms with Gasteiger partial charge in [0.15, 0.2) is 5.78 Å². The molecule has 2 fully saturated rings. The third-order valence-electron chi connectivity index (χ3n) is 7.44. The van der Waals surface area contributed by atoms with Gasteiger partial charge in [0.25, 0.3) is 5.56 Å². The number of fused-ring (bicyclic) bond motifs is 1. The maximum Gasteiger partial charge on any atom is 0.256 e. The molecule has 0 spiro atoms. The summed E-state index contributed by atoms with van der Waals surface area (Å²) in [4.78, 5) is 50.2. The minimum Gasteiger partial charge on any atom is -0.497 e. The van der Waals surface area contributed by atoms with E-state index >= 15 is 0 Å². The number of ether oxygens (including phenoxy) is 2. The van der Waals surface area contributed by atoms with Crippen molar-refractivity contribution in [2.24, 2.45) is 5.92 Å². The lowest BCUT2D eigenvalue weighted by molar-refractivity contribution is -0.141. The number of hydrogen-bond donors (Lipinski definition) is 1. The van der Waals surface area contributed by atoms with Gasteiger partial charge in [-0.05, 0) is 63.0 Å². The predicted octanol–water partition coefficient (Wildman–Crippen LogP) is 1.94. The van der Waals surface area contributed by atoms with Crippen LogP contribution in [-0.2, 0) is 29.1 Å². The second-order valence-corrected chi connectivity index (χ2v) is 9.56. The van der Waals surface area contributed by atoms with E-state index in [-0.39, 0.29) is 29.2 Å². The van der Waals surface area contributed by atoms with Gasteiger partial charge < -0.3 is 19.4 Å². The van der Waals surface area contributed by atoms with Gasteiger partial charge in [0.1, 0.15) is 11.6 Å². The van der Waals surface area contributed by atoms with Crippen LogP contribution in [0.2, 0.25) is 0 Å². The summed E-state index contributed by atoms with van der Waals surface area (Å²) in [7, 11) is 1.61. The number of ketones is 1. The van der Waals surface area contributed by atoms with E-state index in [2.05, 4.69) is 14.9 Å². The Morgan fingerprint density at radius 2 is 1.91 bits per heavy atom. The van der Waals surface area contributed by atoms with Crippen molar-refractivity contribution in [2.75, 3.05) is 33.4 Å². The summed E-state index contributed by atoms with van der Waals surface area (Å²) in [6, 6.07) is 7.09. The zero-order chi connectivity index (χ0) is 24.4. The number of H-pyrrole nitrogens is 1. The average molecular weight is 481 g/mol. The summed E-state index contributed by atoms with van der Waals surface area (Å²) < 4.78 is 10.5. The van der Waals surface area contributed by atoms with Crippen molar-refractivity contribution in [3.63, 3.8) is 0 Å². The Bertz CT molecular complexity index is 1140. The Labute approximate surface area is 204 Å². The highest BCUT2D eigenvalue weighted by Crippen LogP contribution is 2.27. The van der Waals surface area contributed by atoms with Crippen molar-refractivity contribution in [2.45, 2.75) is 51.3 Å². The zero-order valence-corrected chi connectivity index (χ0v) is 20.1. The molecule has 0 bridgehead atoms. The number of nitrogens with one attached hydrogen (secondary N) is 1. The number of carbonyl (C=O) groups is 2. The highest BCUT2D eigenvalue weighted by molar-refractivity contribution is 5.98. The van der Waals surface area contributed by atoms with Crippen LogP contribution < -0.4 is 10.3 Å². The highest BCUT2D eigenvalue weighted by Gasteiger charge is 2.36. The first-order valence-electron chi connectivity index (χ1n) is 12.4. The number of amides is 1. The lowest BCUT2D eigenvalue weighted by Crippen LogP contribution is -2.54. The number of Topliss-reactive ketones (excluding diaryl/α,β-unsaturated/α-hetero) is 1.